The molecule has 4 nitrogen and oxygen atoms in total. The van der Waals surface area contributed by atoms with Gasteiger partial charge in [0.25, 0.3) is 0 Å². The highest BCUT2D eigenvalue weighted by Crippen LogP contribution is 2.23. The molecule has 0 heterocycles. The zero-order valence-corrected chi connectivity index (χ0v) is 12.1. The van der Waals surface area contributed by atoms with Crippen LogP contribution in [0.3, 0.4) is 0 Å². The molecule has 0 spiro atoms. The van der Waals surface area contributed by atoms with Gasteiger partial charge in [-0.2, -0.15) is 0 Å². The highest BCUT2D eigenvalue weighted by atomic mass is 16.5. The lowest BCUT2D eigenvalue weighted by atomic mass is 9.97. The van der Waals surface area contributed by atoms with Gasteiger partial charge in [-0.25, -0.2) is 4.79 Å². The van der Waals surface area contributed by atoms with Gasteiger partial charge in [0.15, 0.2) is 5.60 Å². The summed E-state index contributed by atoms with van der Waals surface area (Å²) in [5.74, 6) is -0.953. The summed E-state index contributed by atoms with van der Waals surface area (Å²) in [5, 5.41) is 18.6. The molecule has 0 radical (unpaired) electrons. The van der Waals surface area contributed by atoms with E-state index >= 15 is 0 Å². The maximum absolute atomic E-state index is 11.3. The second-order valence-electron chi connectivity index (χ2n) is 5.26. The van der Waals surface area contributed by atoms with Crippen LogP contribution in [-0.2, 0) is 9.53 Å². The van der Waals surface area contributed by atoms with Crippen LogP contribution >= 0.6 is 0 Å². The van der Waals surface area contributed by atoms with Crippen molar-refractivity contribution >= 4 is 5.97 Å². The summed E-state index contributed by atoms with van der Waals surface area (Å²) in [4.78, 5) is 11.3. The largest absolute Gasteiger partial charge is 0.479 e. The lowest BCUT2D eigenvalue weighted by Gasteiger charge is -2.30. The summed E-state index contributed by atoms with van der Waals surface area (Å²) in [6.07, 6.45) is 4.73. The van der Waals surface area contributed by atoms with Crippen molar-refractivity contribution < 1.29 is 19.7 Å². The fourth-order valence-electron chi connectivity index (χ4n) is 1.79. The van der Waals surface area contributed by atoms with Crippen molar-refractivity contribution in [2.45, 2.75) is 84.0 Å². The number of hydrogen-bond acceptors (Lipinski definition) is 3. The minimum absolute atomic E-state index is 0.471. The number of ether oxygens (including phenoxy) is 1. The lowest BCUT2D eigenvalue weighted by molar-refractivity contribution is -0.178. The van der Waals surface area contributed by atoms with E-state index in [1.54, 1.807) is 20.8 Å². The summed E-state index contributed by atoms with van der Waals surface area (Å²) >= 11 is 0. The molecule has 0 saturated carbocycles. The fraction of sp³-hybridized carbons (Fsp3) is 0.929. The first kappa shape index (κ1) is 17.4. The van der Waals surface area contributed by atoms with Crippen LogP contribution in [0, 0.1) is 0 Å². The molecule has 0 aliphatic rings. The number of carboxylic acid groups (broad SMARTS) is 1. The van der Waals surface area contributed by atoms with Crippen molar-refractivity contribution in [3.63, 3.8) is 0 Å². The van der Waals surface area contributed by atoms with Crippen LogP contribution in [0.2, 0.25) is 0 Å². The molecule has 3 atom stereocenters. The summed E-state index contributed by atoms with van der Waals surface area (Å²) in [5.41, 5.74) is -1.19. The molecule has 0 aliphatic carbocycles. The Morgan fingerprint density at radius 1 is 1.22 bits per heavy atom. The highest BCUT2D eigenvalue weighted by Gasteiger charge is 2.36. The second-order valence-corrected chi connectivity index (χ2v) is 5.26. The summed E-state index contributed by atoms with van der Waals surface area (Å²) < 4.78 is 5.52. The molecular weight excluding hydrogens is 232 g/mol. The molecule has 4 heteroatoms. The van der Waals surface area contributed by atoms with Crippen molar-refractivity contribution in [3.8, 4) is 0 Å². The first-order valence-electron chi connectivity index (χ1n) is 6.92. The number of aliphatic carboxylic acids is 1. The number of aliphatic hydroxyl groups is 1. The van der Waals surface area contributed by atoms with E-state index < -0.39 is 23.8 Å². The molecule has 0 saturated heterocycles. The molecule has 2 N–H and O–H groups in total. The van der Waals surface area contributed by atoms with E-state index in [9.17, 15) is 15.0 Å². The topological polar surface area (TPSA) is 66.8 Å². The molecule has 3 unspecified atom stereocenters. The Morgan fingerprint density at radius 3 is 2.22 bits per heavy atom. The van der Waals surface area contributed by atoms with Crippen molar-refractivity contribution in [1.29, 1.82) is 0 Å². The number of unbranched alkanes of at least 4 members (excludes halogenated alkanes) is 4. The average Bonchev–Trinajstić information content (AvgIpc) is 2.28. The smallest absolute Gasteiger partial charge is 0.335 e. The van der Waals surface area contributed by atoms with E-state index in [0.717, 1.165) is 19.3 Å². The van der Waals surface area contributed by atoms with Crippen molar-refractivity contribution in [2.24, 2.45) is 0 Å². The van der Waals surface area contributed by atoms with Gasteiger partial charge in [0.2, 0.25) is 0 Å². The Labute approximate surface area is 110 Å². The van der Waals surface area contributed by atoms with Crippen LogP contribution in [0.25, 0.3) is 0 Å². The van der Waals surface area contributed by atoms with Crippen LogP contribution in [-0.4, -0.2) is 34.0 Å². The van der Waals surface area contributed by atoms with E-state index in [1.807, 2.05) is 0 Å². The van der Waals surface area contributed by atoms with Crippen LogP contribution in [0.4, 0.5) is 0 Å². The molecule has 0 aromatic heterocycles. The quantitative estimate of drug-likeness (QED) is 0.593. The molecule has 0 amide bonds. The first-order chi connectivity index (χ1) is 8.33. The highest BCUT2D eigenvalue weighted by molar-refractivity contribution is 5.76. The summed E-state index contributed by atoms with van der Waals surface area (Å²) in [6.45, 7) is 7.04. The zero-order valence-electron chi connectivity index (χ0n) is 12.1. The standard InChI is InChI=1S/C14H28O4/c1-5-6-7-8-9-10-14(4,13(16)17)18-12(3)11(2)15/h11-12,15H,5-10H2,1-4H3,(H,16,17). The predicted octanol–water partition coefficient (Wildman–Crippen LogP) is 2.98. The summed E-state index contributed by atoms with van der Waals surface area (Å²) in [6, 6.07) is 0. The maximum Gasteiger partial charge on any atom is 0.335 e. The molecule has 0 aliphatic heterocycles. The number of hydrogen-bond donors (Lipinski definition) is 2. The van der Waals surface area contributed by atoms with Crippen LogP contribution in [0.5, 0.6) is 0 Å². The molecule has 0 fully saturated rings. The number of carbonyl (C=O) groups is 1. The monoisotopic (exact) mass is 260 g/mol. The Balaban J connectivity index is 4.22. The van der Waals surface area contributed by atoms with Gasteiger partial charge in [-0.05, 0) is 33.6 Å². The van der Waals surface area contributed by atoms with E-state index in [2.05, 4.69) is 6.92 Å². The SMILES string of the molecule is CCCCCCCC(C)(OC(C)C(C)O)C(=O)O. The van der Waals surface area contributed by atoms with Gasteiger partial charge in [0.1, 0.15) is 0 Å². The molecule has 108 valence electrons. The molecule has 18 heavy (non-hydrogen) atoms. The van der Waals surface area contributed by atoms with Gasteiger partial charge in [0.05, 0.1) is 12.2 Å². The van der Waals surface area contributed by atoms with Gasteiger partial charge >= 0.3 is 5.97 Å². The molecule has 0 aromatic carbocycles. The Bertz CT molecular complexity index is 240. The Kier molecular flexibility index (Phi) is 8.20. The second kappa shape index (κ2) is 8.48. The van der Waals surface area contributed by atoms with E-state index in [-0.39, 0.29) is 0 Å². The molecular formula is C14H28O4. The van der Waals surface area contributed by atoms with Gasteiger partial charge in [0, 0.05) is 0 Å². The number of aliphatic hydroxyl groups excluding tert-OH is 1. The first-order valence-corrected chi connectivity index (χ1v) is 6.92. The molecule has 0 rings (SSSR count). The van der Waals surface area contributed by atoms with Crippen LogP contribution in [0.1, 0.15) is 66.2 Å². The number of rotatable bonds is 10. The van der Waals surface area contributed by atoms with E-state index in [4.69, 9.17) is 4.74 Å². The molecule has 0 bridgehead atoms. The third kappa shape index (κ3) is 6.36. The predicted molar refractivity (Wildman–Crippen MR) is 71.6 cm³/mol. The molecule has 0 aromatic rings. The van der Waals surface area contributed by atoms with Gasteiger partial charge in [-0.15, -0.1) is 0 Å². The fourth-order valence-corrected chi connectivity index (χ4v) is 1.79. The third-order valence-corrected chi connectivity index (χ3v) is 3.34. The average molecular weight is 260 g/mol. The maximum atomic E-state index is 11.3. The Hall–Kier alpha value is -0.610. The van der Waals surface area contributed by atoms with Crippen LogP contribution in [0.15, 0.2) is 0 Å². The number of carboxylic acids is 1. The minimum atomic E-state index is -1.19. The third-order valence-electron chi connectivity index (χ3n) is 3.34. The zero-order chi connectivity index (χ0) is 14.2. The minimum Gasteiger partial charge on any atom is -0.479 e. The lowest BCUT2D eigenvalue weighted by Crippen LogP contribution is -2.43. The van der Waals surface area contributed by atoms with Gasteiger partial charge < -0.3 is 14.9 Å². The van der Waals surface area contributed by atoms with E-state index in [0.29, 0.717) is 6.42 Å². The normalized spacial score (nSPS) is 18.1. The van der Waals surface area contributed by atoms with Crippen molar-refractivity contribution in [1.82, 2.24) is 0 Å². The van der Waals surface area contributed by atoms with Gasteiger partial charge in [-0.1, -0.05) is 32.6 Å². The summed E-state index contributed by atoms with van der Waals surface area (Å²) in [7, 11) is 0. The van der Waals surface area contributed by atoms with Gasteiger partial charge in [-0.3, -0.25) is 0 Å². The van der Waals surface area contributed by atoms with Crippen molar-refractivity contribution in [2.75, 3.05) is 0 Å². The van der Waals surface area contributed by atoms with E-state index in [1.165, 1.54) is 12.8 Å². The Morgan fingerprint density at radius 2 is 1.78 bits per heavy atom. The van der Waals surface area contributed by atoms with Crippen molar-refractivity contribution in [3.05, 3.63) is 0 Å². The van der Waals surface area contributed by atoms with Crippen LogP contribution < -0.4 is 0 Å².